The highest BCUT2D eigenvalue weighted by atomic mass is 16.1. The van der Waals surface area contributed by atoms with Gasteiger partial charge >= 0.3 is 0 Å². The van der Waals surface area contributed by atoms with Gasteiger partial charge in [-0.25, -0.2) is 0 Å². The van der Waals surface area contributed by atoms with Crippen LogP contribution < -0.4 is 10.6 Å². The molecule has 1 amide bonds. The van der Waals surface area contributed by atoms with E-state index < -0.39 is 0 Å². The van der Waals surface area contributed by atoms with Gasteiger partial charge in [-0.3, -0.25) is 9.79 Å². The fourth-order valence-electron chi connectivity index (χ4n) is 1.88. The number of amidine groups is 1. The Labute approximate surface area is 90.8 Å². The Balaban J connectivity index is 2.57. The van der Waals surface area contributed by atoms with E-state index in [2.05, 4.69) is 15.6 Å². The minimum absolute atomic E-state index is 0.507. The summed E-state index contributed by atoms with van der Waals surface area (Å²) in [6.45, 7) is 1.88. The van der Waals surface area contributed by atoms with Crippen molar-refractivity contribution >= 4 is 12.2 Å². The van der Waals surface area contributed by atoms with Gasteiger partial charge in [-0.1, -0.05) is 18.9 Å². The van der Waals surface area contributed by atoms with Crippen LogP contribution >= 0.6 is 0 Å². The van der Waals surface area contributed by atoms with Crippen LogP contribution in [0.4, 0.5) is 0 Å². The molecule has 0 saturated heterocycles. The van der Waals surface area contributed by atoms with Crippen LogP contribution in [0.5, 0.6) is 0 Å². The quantitative estimate of drug-likeness (QED) is 0.415. The van der Waals surface area contributed by atoms with E-state index in [1.807, 2.05) is 13.0 Å². The molecule has 0 heterocycles. The van der Waals surface area contributed by atoms with Crippen LogP contribution in [0.3, 0.4) is 0 Å². The molecule has 4 heteroatoms. The van der Waals surface area contributed by atoms with Crippen LogP contribution in [0, 0.1) is 0 Å². The van der Waals surface area contributed by atoms with Gasteiger partial charge in [0.1, 0.15) is 5.84 Å². The molecular weight excluding hydrogens is 190 g/mol. The van der Waals surface area contributed by atoms with Gasteiger partial charge in [-0.2, -0.15) is 0 Å². The molecule has 1 fully saturated rings. The lowest BCUT2D eigenvalue weighted by atomic mass is 10.2. The third kappa shape index (κ3) is 3.38. The molecule has 0 aromatic heterocycles. The van der Waals surface area contributed by atoms with Crippen molar-refractivity contribution in [1.29, 1.82) is 0 Å². The molecule has 1 aliphatic rings. The Morgan fingerprint density at radius 2 is 2.07 bits per heavy atom. The zero-order valence-electron chi connectivity index (χ0n) is 9.42. The lowest BCUT2D eigenvalue weighted by Crippen LogP contribution is -2.37. The van der Waals surface area contributed by atoms with E-state index in [1.165, 1.54) is 25.7 Å². The van der Waals surface area contributed by atoms with Crippen LogP contribution in [0.1, 0.15) is 32.6 Å². The second-order valence-electron chi connectivity index (χ2n) is 3.66. The molecule has 0 radical (unpaired) electrons. The summed E-state index contributed by atoms with van der Waals surface area (Å²) >= 11 is 0. The van der Waals surface area contributed by atoms with E-state index in [1.54, 1.807) is 7.05 Å². The molecule has 4 nitrogen and oxygen atoms in total. The maximum Gasteiger partial charge on any atom is 0.211 e. The number of nitrogens with one attached hydrogen (secondary N) is 2. The predicted octanol–water partition coefficient (Wildman–Crippen LogP) is 1.20. The van der Waals surface area contributed by atoms with Gasteiger partial charge in [0.15, 0.2) is 0 Å². The molecule has 15 heavy (non-hydrogen) atoms. The lowest BCUT2D eigenvalue weighted by Gasteiger charge is -2.16. The number of rotatable bonds is 4. The number of hydrogen-bond donors (Lipinski definition) is 2. The number of amides is 1. The van der Waals surface area contributed by atoms with E-state index >= 15 is 0 Å². The first-order valence-electron chi connectivity index (χ1n) is 5.42. The number of carbonyl (C=O) groups is 1. The van der Waals surface area contributed by atoms with Crippen molar-refractivity contribution in [3.63, 3.8) is 0 Å². The largest absolute Gasteiger partial charge is 0.366 e. The van der Waals surface area contributed by atoms with Crippen molar-refractivity contribution in [2.24, 2.45) is 4.99 Å². The molecule has 1 saturated carbocycles. The number of aliphatic imine (C=N–C) groups is 1. The number of carbonyl (C=O) groups excluding carboxylic acids is 1. The molecule has 0 aliphatic heterocycles. The smallest absolute Gasteiger partial charge is 0.211 e. The molecule has 1 aliphatic carbocycles. The standard InChI is InChI=1S/C11H19N3O/c1-3-10(13-8-15)11(12-2)14-9-6-4-5-7-9/h3,8-9H,4-7H2,1-2H3,(H,12,14)(H,13,15)/b10-3+. The average Bonchev–Trinajstić information content (AvgIpc) is 2.75. The maximum atomic E-state index is 10.4. The molecule has 0 atom stereocenters. The monoisotopic (exact) mass is 209 g/mol. The Hall–Kier alpha value is -1.32. The fourth-order valence-corrected chi connectivity index (χ4v) is 1.88. The molecule has 0 aromatic rings. The van der Waals surface area contributed by atoms with Gasteiger partial charge < -0.3 is 10.6 Å². The van der Waals surface area contributed by atoms with Gasteiger partial charge in [0, 0.05) is 13.1 Å². The van der Waals surface area contributed by atoms with Crippen molar-refractivity contribution in [2.45, 2.75) is 38.6 Å². The first kappa shape index (κ1) is 11.8. The summed E-state index contributed by atoms with van der Waals surface area (Å²) in [5.74, 6) is 0.775. The van der Waals surface area contributed by atoms with Crippen LogP contribution in [0.25, 0.3) is 0 Å². The van der Waals surface area contributed by atoms with Crippen LogP contribution in [-0.2, 0) is 4.79 Å². The summed E-state index contributed by atoms with van der Waals surface area (Å²) in [7, 11) is 1.73. The number of hydrogen-bond acceptors (Lipinski definition) is 2. The summed E-state index contributed by atoms with van der Waals surface area (Å²) in [6, 6.07) is 0.507. The van der Waals surface area contributed by atoms with E-state index in [0.29, 0.717) is 12.5 Å². The topological polar surface area (TPSA) is 53.5 Å². The second kappa shape index (κ2) is 6.22. The Bertz CT molecular complexity index is 265. The van der Waals surface area contributed by atoms with E-state index in [-0.39, 0.29) is 0 Å². The van der Waals surface area contributed by atoms with E-state index in [4.69, 9.17) is 0 Å². The third-order valence-electron chi connectivity index (χ3n) is 2.68. The molecule has 1 rings (SSSR count). The summed E-state index contributed by atoms with van der Waals surface area (Å²) < 4.78 is 0. The SMILES string of the molecule is C/C=C(/NC=O)C(=NC)NC1CCCC1. The predicted molar refractivity (Wildman–Crippen MR) is 61.7 cm³/mol. The van der Waals surface area contributed by atoms with Gasteiger partial charge in [0.05, 0.1) is 5.70 Å². The third-order valence-corrected chi connectivity index (χ3v) is 2.68. The van der Waals surface area contributed by atoms with Crippen molar-refractivity contribution in [2.75, 3.05) is 7.05 Å². The minimum Gasteiger partial charge on any atom is -0.366 e. The summed E-state index contributed by atoms with van der Waals surface area (Å²) in [4.78, 5) is 14.6. The zero-order valence-corrected chi connectivity index (χ0v) is 9.42. The molecule has 2 N–H and O–H groups in total. The summed E-state index contributed by atoms with van der Waals surface area (Å²) in [6.07, 6.45) is 7.46. The van der Waals surface area contributed by atoms with Crippen molar-refractivity contribution in [3.8, 4) is 0 Å². The van der Waals surface area contributed by atoms with E-state index in [9.17, 15) is 4.79 Å². The number of nitrogens with zero attached hydrogens (tertiary/aromatic N) is 1. The Morgan fingerprint density at radius 3 is 2.53 bits per heavy atom. The molecule has 0 spiro atoms. The first-order chi connectivity index (χ1) is 7.31. The zero-order chi connectivity index (χ0) is 11.1. The highest BCUT2D eigenvalue weighted by Crippen LogP contribution is 2.17. The fraction of sp³-hybridized carbons (Fsp3) is 0.636. The molecule has 0 aromatic carbocycles. The number of allylic oxidation sites excluding steroid dienone is 1. The average molecular weight is 209 g/mol. The molecule has 0 unspecified atom stereocenters. The molecule has 0 bridgehead atoms. The van der Waals surface area contributed by atoms with E-state index in [0.717, 1.165) is 11.5 Å². The lowest BCUT2D eigenvalue weighted by molar-refractivity contribution is -0.108. The molecule has 84 valence electrons. The highest BCUT2D eigenvalue weighted by Gasteiger charge is 2.17. The van der Waals surface area contributed by atoms with Gasteiger partial charge in [-0.15, -0.1) is 0 Å². The summed E-state index contributed by atoms with van der Waals surface area (Å²) in [5.41, 5.74) is 0.749. The minimum atomic E-state index is 0.507. The van der Waals surface area contributed by atoms with Gasteiger partial charge in [0.25, 0.3) is 0 Å². The van der Waals surface area contributed by atoms with Crippen molar-refractivity contribution in [3.05, 3.63) is 11.8 Å². The molecular formula is C11H19N3O. The normalized spacial score (nSPS) is 19.1. The van der Waals surface area contributed by atoms with Crippen LogP contribution in [-0.4, -0.2) is 25.3 Å². The van der Waals surface area contributed by atoms with Crippen molar-refractivity contribution < 1.29 is 4.79 Å². The van der Waals surface area contributed by atoms with Crippen LogP contribution in [0.2, 0.25) is 0 Å². The van der Waals surface area contributed by atoms with Gasteiger partial charge in [-0.05, 0) is 19.8 Å². The van der Waals surface area contributed by atoms with Gasteiger partial charge in [0.2, 0.25) is 6.41 Å². The Kier molecular flexibility index (Phi) is 4.87. The maximum absolute atomic E-state index is 10.4. The van der Waals surface area contributed by atoms with Crippen LogP contribution in [0.15, 0.2) is 16.8 Å². The first-order valence-corrected chi connectivity index (χ1v) is 5.42. The Morgan fingerprint density at radius 1 is 1.40 bits per heavy atom. The second-order valence-corrected chi connectivity index (χ2v) is 3.66. The van der Waals surface area contributed by atoms with Crippen molar-refractivity contribution in [1.82, 2.24) is 10.6 Å². The summed E-state index contributed by atoms with van der Waals surface area (Å²) in [5, 5.41) is 6.01. The highest BCUT2D eigenvalue weighted by molar-refractivity contribution is 5.99.